The van der Waals surface area contributed by atoms with E-state index in [2.05, 4.69) is 41.8 Å². The number of phenols is 5. The number of phenolic OH excluding ortho intramolecular Hbond substituents is 5. The summed E-state index contributed by atoms with van der Waals surface area (Å²) in [5.41, 5.74) is 11.5. The molecule has 9 nitrogen and oxygen atoms in total. The number of benzene rings is 6. The van der Waals surface area contributed by atoms with Crippen LogP contribution in [0.5, 0.6) is 28.7 Å². The second kappa shape index (κ2) is 11.9. The standard InChI is InChI=1S/C44H32N4O5/c1-24-36-28-15-9-19-33(36)47(23-32(25-11-3-2-4-12-25)46-31-18-8-7-17-30(31)45)22-21-35-37(24)38-29(27-14-6-5-13-26(27)28)16-10-20-34(38)48(35)39-40(49)42(51)44(53)43(52)41(39)50/h2-22H,23,45H2,1H3,(H4-,49,50,51,52,53)/p+1. The Labute approximate surface area is 302 Å². The largest absolute Gasteiger partial charge is 0.503 e. The molecule has 53 heavy (non-hydrogen) atoms. The predicted molar refractivity (Wildman–Crippen MR) is 212 cm³/mol. The first-order valence-electron chi connectivity index (χ1n) is 17.1. The van der Waals surface area contributed by atoms with E-state index in [4.69, 9.17) is 10.7 Å². The Morgan fingerprint density at radius 1 is 0.623 bits per heavy atom. The number of aliphatic imine (C=N–C) groups is 1. The number of fused-ring (bicyclic) bond motifs is 3. The normalized spacial score (nSPS) is 12.8. The van der Waals surface area contributed by atoms with Gasteiger partial charge in [0.25, 0.3) is 0 Å². The van der Waals surface area contributed by atoms with E-state index in [0.717, 1.165) is 60.2 Å². The lowest BCUT2D eigenvalue weighted by molar-refractivity contribution is -0.414. The quantitative estimate of drug-likeness (QED) is 0.0352. The van der Waals surface area contributed by atoms with Gasteiger partial charge in [-0.2, -0.15) is 4.58 Å². The molecule has 0 amide bonds. The lowest BCUT2D eigenvalue weighted by Gasteiger charge is -2.15. The summed E-state index contributed by atoms with van der Waals surface area (Å²) in [6.45, 7) is 2.40. The van der Waals surface area contributed by atoms with E-state index in [9.17, 15) is 25.5 Å². The Balaban J connectivity index is 1.48. The SMILES string of the molecule is Cc1c2c3cccc2c2ccccc2c2cccc4c2c1c(n4-c1c(O)c(O)c(O)c(O)c1O)=CC=[N+]3CC(=Nc1ccccc1N)c1ccccc1. The molecule has 0 saturated carbocycles. The van der Waals surface area contributed by atoms with E-state index < -0.39 is 28.7 Å². The van der Waals surface area contributed by atoms with Crippen molar-refractivity contribution in [2.45, 2.75) is 6.92 Å². The first kappa shape index (κ1) is 31.7. The van der Waals surface area contributed by atoms with Crippen molar-refractivity contribution in [3.8, 4) is 34.4 Å². The Kier molecular flexibility index (Phi) is 7.13. The van der Waals surface area contributed by atoms with Crippen LogP contribution in [-0.4, -0.2) is 53.1 Å². The molecule has 8 aromatic rings. The molecular weight excluding hydrogens is 665 g/mol. The molecule has 258 valence electrons. The van der Waals surface area contributed by atoms with Crippen LogP contribution in [0.15, 0.2) is 120 Å². The Morgan fingerprint density at radius 3 is 1.91 bits per heavy atom. The number of anilines is 1. The summed E-state index contributed by atoms with van der Waals surface area (Å²) in [5, 5.41) is 61.7. The molecule has 1 aliphatic rings. The molecule has 0 saturated heterocycles. The highest BCUT2D eigenvalue weighted by molar-refractivity contribution is 6.26. The number of aromatic hydroxyl groups is 5. The third-order valence-corrected chi connectivity index (χ3v) is 10.2. The van der Waals surface area contributed by atoms with Crippen LogP contribution in [0.25, 0.3) is 55.0 Å². The van der Waals surface area contributed by atoms with Crippen molar-refractivity contribution in [3.63, 3.8) is 0 Å². The van der Waals surface area contributed by atoms with E-state index in [1.54, 1.807) is 4.57 Å². The van der Waals surface area contributed by atoms with Gasteiger partial charge in [0.15, 0.2) is 24.3 Å². The summed E-state index contributed by atoms with van der Waals surface area (Å²) in [6, 6.07) is 37.7. The van der Waals surface area contributed by atoms with E-state index >= 15 is 0 Å². The fourth-order valence-electron chi connectivity index (χ4n) is 7.82. The Bertz CT molecular complexity index is 2970. The van der Waals surface area contributed by atoms with Gasteiger partial charge in [0.05, 0.1) is 27.6 Å². The average Bonchev–Trinajstić information content (AvgIpc) is 3.50. The Hall–Kier alpha value is -7.26. The van der Waals surface area contributed by atoms with E-state index in [0.29, 0.717) is 28.8 Å². The smallest absolute Gasteiger partial charge is 0.213 e. The maximum absolute atomic E-state index is 11.4. The van der Waals surface area contributed by atoms with Crippen molar-refractivity contribution < 1.29 is 30.1 Å². The zero-order valence-corrected chi connectivity index (χ0v) is 28.5. The maximum Gasteiger partial charge on any atom is 0.213 e. The van der Waals surface area contributed by atoms with Crippen LogP contribution >= 0.6 is 0 Å². The van der Waals surface area contributed by atoms with Crippen LogP contribution in [-0.2, 0) is 0 Å². The first-order valence-corrected chi connectivity index (χ1v) is 17.1. The summed E-state index contributed by atoms with van der Waals surface area (Å²) >= 11 is 0. The number of aromatic nitrogens is 1. The van der Waals surface area contributed by atoms with Gasteiger partial charge in [-0.05, 0) is 52.2 Å². The van der Waals surface area contributed by atoms with Crippen LogP contribution in [0.4, 0.5) is 17.1 Å². The topological polar surface area (TPSA) is 147 Å². The van der Waals surface area contributed by atoms with Crippen LogP contribution < -0.4 is 11.1 Å². The van der Waals surface area contributed by atoms with Gasteiger partial charge in [0.1, 0.15) is 11.4 Å². The van der Waals surface area contributed by atoms with E-state index in [1.165, 1.54) is 0 Å². The fourth-order valence-corrected chi connectivity index (χ4v) is 7.82. The minimum atomic E-state index is -1.02. The highest BCUT2D eigenvalue weighted by atomic mass is 16.4. The second-order valence-electron chi connectivity index (χ2n) is 13.2. The van der Waals surface area contributed by atoms with Gasteiger partial charge < -0.3 is 35.8 Å². The number of hydrogen-bond donors (Lipinski definition) is 6. The molecular formula is C44H33N4O5+. The Morgan fingerprint density at radius 2 is 1.21 bits per heavy atom. The number of nitrogen functional groups attached to an aromatic ring is 1. The third-order valence-electron chi connectivity index (χ3n) is 10.2. The number of aryl methyl sites for hydroxylation is 1. The minimum absolute atomic E-state index is 0.280. The van der Waals surface area contributed by atoms with Crippen molar-refractivity contribution in [2.24, 2.45) is 4.99 Å². The molecule has 2 heterocycles. The number of nitrogens with two attached hydrogens (primary N) is 1. The molecule has 7 N–H and O–H groups in total. The molecule has 0 unspecified atom stereocenters. The summed E-state index contributed by atoms with van der Waals surface area (Å²) < 4.78 is 3.74. The third kappa shape index (κ3) is 4.71. The fraction of sp³-hybridized carbons (Fsp3) is 0.0455. The number of hydrogen-bond acceptors (Lipinski definition) is 7. The van der Waals surface area contributed by atoms with Gasteiger partial charge in [0, 0.05) is 28.5 Å². The number of para-hydroxylation sites is 2. The van der Waals surface area contributed by atoms with E-state index in [-0.39, 0.29) is 5.69 Å². The van der Waals surface area contributed by atoms with Crippen molar-refractivity contribution >= 4 is 78.3 Å². The predicted octanol–water partition coefficient (Wildman–Crippen LogP) is 8.12. The van der Waals surface area contributed by atoms with Crippen molar-refractivity contribution in [3.05, 3.63) is 132 Å². The lowest BCUT2D eigenvalue weighted by atomic mass is 9.93. The summed E-state index contributed by atoms with van der Waals surface area (Å²) in [5.74, 6) is -4.51. The molecule has 0 spiro atoms. The zero-order chi connectivity index (χ0) is 36.5. The van der Waals surface area contributed by atoms with Crippen LogP contribution in [0.1, 0.15) is 11.1 Å². The molecule has 9 rings (SSSR count). The van der Waals surface area contributed by atoms with Gasteiger partial charge >= 0.3 is 0 Å². The average molecular weight is 698 g/mol. The van der Waals surface area contributed by atoms with Gasteiger partial charge in [-0.1, -0.05) is 91.0 Å². The van der Waals surface area contributed by atoms with Gasteiger partial charge in [-0.25, -0.2) is 4.99 Å². The van der Waals surface area contributed by atoms with Crippen LogP contribution in [0.2, 0.25) is 0 Å². The molecule has 9 heteroatoms. The molecule has 1 aliphatic heterocycles. The maximum atomic E-state index is 11.4. The monoisotopic (exact) mass is 697 g/mol. The molecule has 0 atom stereocenters. The molecule has 0 radical (unpaired) electrons. The van der Waals surface area contributed by atoms with Crippen LogP contribution in [0, 0.1) is 6.92 Å². The number of rotatable bonds is 5. The van der Waals surface area contributed by atoms with Crippen molar-refractivity contribution in [1.29, 1.82) is 0 Å². The summed E-state index contributed by atoms with van der Waals surface area (Å²) in [4.78, 5) is 5.11. The first-order chi connectivity index (χ1) is 25.7. The molecule has 0 aliphatic carbocycles. The van der Waals surface area contributed by atoms with E-state index in [1.807, 2.05) is 97.2 Å². The zero-order valence-electron chi connectivity index (χ0n) is 28.5. The highest BCUT2D eigenvalue weighted by Crippen LogP contribution is 2.53. The second-order valence-corrected chi connectivity index (χ2v) is 13.2. The molecule has 7 aromatic carbocycles. The molecule has 2 bridgehead atoms. The van der Waals surface area contributed by atoms with Crippen LogP contribution in [0.3, 0.4) is 0 Å². The summed E-state index contributed by atoms with van der Waals surface area (Å²) in [6.07, 6.45) is 3.84. The number of nitrogens with zero attached hydrogens (tertiary/aromatic N) is 3. The lowest BCUT2D eigenvalue weighted by Crippen LogP contribution is -2.22. The van der Waals surface area contributed by atoms with Crippen molar-refractivity contribution in [2.75, 3.05) is 12.3 Å². The van der Waals surface area contributed by atoms with Gasteiger partial charge in [-0.15, -0.1) is 0 Å². The minimum Gasteiger partial charge on any atom is -0.503 e. The summed E-state index contributed by atoms with van der Waals surface area (Å²) in [7, 11) is 0. The van der Waals surface area contributed by atoms with Gasteiger partial charge in [-0.3, -0.25) is 0 Å². The van der Waals surface area contributed by atoms with Crippen molar-refractivity contribution in [1.82, 2.24) is 4.57 Å². The highest BCUT2D eigenvalue weighted by Gasteiger charge is 2.29. The molecule has 1 aromatic heterocycles. The van der Waals surface area contributed by atoms with Gasteiger partial charge in [0.2, 0.25) is 22.9 Å². The molecule has 0 fully saturated rings.